The molecule has 7 heteroatoms. The molecule has 3 rings (SSSR count). The first-order valence-electron chi connectivity index (χ1n) is 11.6. The highest BCUT2D eigenvalue weighted by atomic mass is 35.5. The third kappa shape index (κ3) is 7.67. The molecule has 0 saturated heterocycles. The molecule has 6 nitrogen and oxygen atoms in total. The number of ether oxygens (including phenoxy) is 2. The molecule has 2 aromatic rings. The lowest BCUT2D eigenvalue weighted by molar-refractivity contribution is -0.141. The molecule has 0 unspecified atom stereocenters. The molecule has 178 valence electrons. The van der Waals surface area contributed by atoms with Crippen LogP contribution in [0.4, 0.5) is 0 Å². The Bertz CT molecular complexity index is 913. The number of benzene rings is 2. The fraction of sp³-hybridized carbons (Fsp3) is 0.462. The number of amides is 2. The number of rotatable bonds is 11. The Balaban J connectivity index is 1.58. The van der Waals surface area contributed by atoms with Crippen LogP contribution in [0.1, 0.15) is 51.0 Å². The fourth-order valence-corrected chi connectivity index (χ4v) is 4.25. The van der Waals surface area contributed by atoms with E-state index in [-0.39, 0.29) is 24.3 Å². The third-order valence-electron chi connectivity index (χ3n) is 5.97. The van der Waals surface area contributed by atoms with Gasteiger partial charge in [-0.2, -0.15) is 0 Å². The molecule has 0 heterocycles. The average Bonchev–Trinajstić information content (AvgIpc) is 3.33. The van der Waals surface area contributed by atoms with Crippen molar-refractivity contribution in [2.75, 3.05) is 13.7 Å². The fourth-order valence-electron chi connectivity index (χ4n) is 4.04. The molecule has 1 saturated carbocycles. The van der Waals surface area contributed by atoms with E-state index in [9.17, 15) is 9.59 Å². The number of halogens is 1. The van der Waals surface area contributed by atoms with Gasteiger partial charge in [-0.3, -0.25) is 9.59 Å². The minimum atomic E-state index is -0.570. The van der Waals surface area contributed by atoms with Crippen LogP contribution in [0.3, 0.4) is 0 Å². The second-order valence-electron chi connectivity index (χ2n) is 8.45. The predicted molar refractivity (Wildman–Crippen MR) is 130 cm³/mol. The molecule has 1 fully saturated rings. The highest BCUT2D eigenvalue weighted by molar-refractivity contribution is 6.30. The van der Waals surface area contributed by atoms with Crippen LogP contribution < -0.4 is 14.8 Å². The van der Waals surface area contributed by atoms with Gasteiger partial charge in [-0.1, -0.05) is 36.6 Å². The van der Waals surface area contributed by atoms with Gasteiger partial charge in [0.15, 0.2) is 0 Å². The van der Waals surface area contributed by atoms with Crippen LogP contribution >= 0.6 is 11.6 Å². The molecule has 2 amide bonds. The van der Waals surface area contributed by atoms with E-state index in [1.165, 1.54) is 0 Å². The van der Waals surface area contributed by atoms with Crippen LogP contribution in [0.25, 0.3) is 0 Å². The van der Waals surface area contributed by atoms with Gasteiger partial charge in [0.05, 0.1) is 13.7 Å². The maximum Gasteiger partial charge on any atom is 0.242 e. The Morgan fingerprint density at radius 3 is 2.48 bits per heavy atom. The number of methoxy groups -OCH3 is 1. The Labute approximate surface area is 201 Å². The van der Waals surface area contributed by atoms with Crippen LogP contribution in [0.2, 0.25) is 5.02 Å². The second kappa shape index (κ2) is 12.5. The summed E-state index contributed by atoms with van der Waals surface area (Å²) in [6.45, 7) is 2.53. The van der Waals surface area contributed by atoms with Crippen molar-refractivity contribution in [3.8, 4) is 11.5 Å². The largest absolute Gasteiger partial charge is 0.497 e. The Morgan fingerprint density at radius 2 is 1.82 bits per heavy atom. The normalized spacial score (nSPS) is 14.5. The minimum Gasteiger partial charge on any atom is -0.497 e. The van der Waals surface area contributed by atoms with Crippen molar-refractivity contribution in [2.24, 2.45) is 0 Å². The maximum atomic E-state index is 13.2. The van der Waals surface area contributed by atoms with Gasteiger partial charge in [-0.15, -0.1) is 0 Å². The molecule has 1 aliphatic carbocycles. The van der Waals surface area contributed by atoms with Crippen LogP contribution in [0.15, 0.2) is 48.5 Å². The number of hydrogen-bond acceptors (Lipinski definition) is 4. The van der Waals surface area contributed by atoms with Crippen molar-refractivity contribution in [1.29, 1.82) is 0 Å². The van der Waals surface area contributed by atoms with E-state index in [2.05, 4.69) is 5.32 Å². The monoisotopic (exact) mass is 472 g/mol. The molecule has 2 aromatic carbocycles. The van der Waals surface area contributed by atoms with Crippen molar-refractivity contribution in [1.82, 2.24) is 10.2 Å². The first-order chi connectivity index (χ1) is 16.0. The van der Waals surface area contributed by atoms with E-state index in [1.807, 2.05) is 42.5 Å². The third-order valence-corrected chi connectivity index (χ3v) is 6.21. The summed E-state index contributed by atoms with van der Waals surface area (Å²) in [4.78, 5) is 27.7. The second-order valence-corrected chi connectivity index (χ2v) is 8.88. The zero-order chi connectivity index (χ0) is 23.6. The van der Waals surface area contributed by atoms with Crippen molar-refractivity contribution < 1.29 is 19.1 Å². The quantitative estimate of drug-likeness (QED) is 0.468. The Kier molecular flexibility index (Phi) is 9.43. The van der Waals surface area contributed by atoms with Crippen molar-refractivity contribution in [3.05, 3.63) is 59.1 Å². The average molecular weight is 473 g/mol. The van der Waals surface area contributed by atoms with E-state index in [4.69, 9.17) is 21.1 Å². The van der Waals surface area contributed by atoms with Gasteiger partial charge >= 0.3 is 0 Å². The van der Waals surface area contributed by atoms with Crippen LogP contribution in [0, 0.1) is 0 Å². The van der Waals surface area contributed by atoms with Crippen LogP contribution in [-0.2, 0) is 16.1 Å². The minimum absolute atomic E-state index is 0.0811. The van der Waals surface area contributed by atoms with Crippen molar-refractivity contribution in [3.63, 3.8) is 0 Å². The molecule has 0 aliphatic heterocycles. The summed E-state index contributed by atoms with van der Waals surface area (Å²) in [5, 5.41) is 3.72. The highest BCUT2D eigenvalue weighted by Gasteiger charge is 2.28. The first kappa shape index (κ1) is 24.9. The van der Waals surface area contributed by atoms with Crippen LogP contribution in [0.5, 0.6) is 11.5 Å². The molecule has 1 N–H and O–H groups in total. The molecule has 0 bridgehead atoms. The summed E-state index contributed by atoms with van der Waals surface area (Å²) in [5.41, 5.74) is 0.894. The Morgan fingerprint density at radius 1 is 1.12 bits per heavy atom. The van der Waals surface area contributed by atoms with E-state index < -0.39 is 6.04 Å². The number of nitrogens with zero attached hydrogens (tertiary/aromatic N) is 1. The summed E-state index contributed by atoms with van der Waals surface area (Å²) in [6.07, 6.45) is 5.12. The molecule has 1 atom stereocenters. The van der Waals surface area contributed by atoms with Gasteiger partial charge in [-0.05, 0) is 68.1 Å². The number of nitrogens with one attached hydrogen (secondary N) is 1. The van der Waals surface area contributed by atoms with E-state index >= 15 is 0 Å². The summed E-state index contributed by atoms with van der Waals surface area (Å²) in [6, 6.07) is 14.4. The molecular weight excluding hydrogens is 440 g/mol. The summed E-state index contributed by atoms with van der Waals surface area (Å²) >= 11 is 6.14. The zero-order valence-electron chi connectivity index (χ0n) is 19.4. The van der Waals surface area contributed by atoms with Gasteiger partial charge in [0, 0.05) is 24.0 Å². The molecule has 0 spiro atoms. The molecular formula is C26H33ClN2O4. The van der Waals surface area contributed by atoms with Gasteiger partial charge in [0.25, 0.3) is 0 Å². The smallest absolute Gasteiger partial charge is 0.242 e. The molecule has 0 radical (unpaired) electrons. The van der Waals surface area contributed by atoms with E-state index in [0.29, 0.717) is 24.6 Å². The van der Waals surface area contributed by atoms with Gasteiger partial charge in [0.1, 0.15) is 17.5 Å². The summed E-state index contributed by atoms with van der Waals surface area (Å²) in [7, 11) is 1.62. The highest BCUT2D eigenvalue weighted by Crippen LogP contribution is 2.20. The van der Waals surface area contributed by atoms with E-state index in [1.54, 1.807) is 25.0 Å². The number of hydrogen-bond donors (Lipinski definition) is 1. The number of carbonyl (C=O) groups excluding carboxylic acids is 2. The zero-order valence-corrected chi connectivity index (χ0v) is 20.1. The standard InChI is InChI=1S/C26H33ClN2O4/c1-19(26(31)28-22-9-3-4-10-22)29(18-20-7-5-8-21(27)17-20)25(30)11-6-16-33-24-14-12-23(32-2)13-15-24/h5,7-8,12-15,17,19,22H,3-4,6,9-11,16,18H2,1-2H3,(H,28,31)/t19-/m1/s1. The summed E-state index contributed by atoms with van der Waals surface area (Å²) < 4.78 is 10.9. The number of carbonyl (C=O) groups is 2. The Hall–Kier alpha value is -2.73. The van der Waals surface area contributed by atoms with Crippen LogP contribution in [-0.4, -0.2) is 42.5 Å². The molecule has 1 aliphatic rings. The first-order valence-corrected chi connectivity index (χ1v) is 11.9. The lowest BCUT2D eigenvalue weighted by Crippen LogP contribution is -2.49. The maximum absolute atomic E-state index is 13.2. The van der Waals surface area contributed by atoms with Crippen molar-refractivity contribution in [2.45, 2.75) is 64.1 Å². The topological polar surface area (TPSA) is 67.9 Å². The lowest BCUT2D eigenvalue weighted by Gasteiger charge is -2.30. The van der Waals surface area contributed by atoms with Gasteiger partial charge in [0.2, 0.25) is 11.8 Å². The van der Waals surface area contributed by atoms with E-state index in [0.717, 1.165) is 42.7 Å². The summed E-state index contributed by atoms with van der Waals surface area (Å²) in [5.74, 6) is 1.30. The molecule has 33 heavy (non-hydrogen) atoms. The SMILES string of the molecule is COc1ccc(OCCCC(=O)N(Cc2cccc(Cl)c2)[C@H](C)C(=O)NC2CCCC2)cc1. The van der Waals surface area contributed by atoms with Gasteiger partial charge < -0.3 is 19.7 Å². The lowest BCUT2D eigenvalue weighted by atomic mass is 10.1. The predicted octanol–water partition coefficient (Wildman–Crippen LogP) is 4.98. The van der Waals surface area contributed by atoms with Gasteiger partial charge in [-0.25, -0.2) is 0 Å². The molecule has 0 aromatic heterocycles. The van der Waals surface area contributed by atoms with Crippen molar-refractivity contribution >= 4 is 23.4 Å².